The molecule has 0 N–H and O–H groups in total. The van der Waals surface area contributed by atoms with Gasteiger partial charge in [0.15, 0.2) is 0 Å². The van der Waals surface area contributed by atoms with Crippen LogP contribution in [0.4, 0.5) is 0 Å². The Balaban J connectivity index is 1.89. The van der Waals surface area contributed by atoms with E-state index in [1.54, 1.807) is 0 Å². The molecule has 2 heterocycles. The number of piperidine rings is 1. The van der Waals surface area contributed by atoms with E-state index in [2.05, 4.69) is 0 Å². The lowest BCUT2D eigenvalue weighted by molar-refractivity contribution is -0.131. The normalized spacial score (nSPS) is 34.8. The van der Waals surface area contributed by atoms with E-state index in [-0.39, 0.29) is 5.91 Å². The average Bonchev–Trinajstić information content (AvgIpc) is 2.80. The number of amides is 1. The molecule has 2 aliphatic rings. The molecule has 0 unspecified atom stereocenters. The van der Waals surface area contributed by atoms with Crippen LogP contribution in [0, 0.1) is 0 Å². The summed E-state index contributed by atoms with van der Waals surface area (Å²) in [5, 5.41) is 0. The van der Waals surface area contributed by atoms with Crippen molar-refractivity contribution in [3.05, 3.63) is 0 Å². The van der Waals surface area contributed by atoms with Gasteiger partial charge in [-0.25, -0.2) is 0 Å². The lowest BCUT2D eigenvalue weighted by atomic mass is 10.1. The number of hydrogen-bond acceptors (Lipinski definition) is 2. The lowest BCUT2D eigenvalue weighted by Crippen LogP contribution is -2.38. The first-order valence-corrected chi connectivity index (χ1v) is 4.24. The van der Waals surface area contributed by atoms with Crippen molar-refractivity contribution in [1.29, 1.82) is 0 Å². The van der Waals surface area contributed by atoms with Crippen molar-refractivity contribution >= 4 is 5.91 Å². The number of ether oxygens (including phenoxy) is 1. The Bertz CT molecular complexity index is 181. The Kier molecular flexibility index (Phi) is 1.60. The Morgan fingerprint density at radius 1 is 1.64 bits per heavy atom. The molecule has 0 bridgehead atoms. The summed E-state index contributed by atoms with van der Waals surface area (Å²) >= 11 is 0. The highest BCUT2D eigenvalue weighted by Gasteiger charge is 2.44. The molecule has 2 aliphatic heterocycles. The fourth-order valence-electron chi connectivity index (χ4n) is 1.64. The van der Waals surface area contributed by atoms with Crippen molar-refractivity contribution in [3.63, 3.8) is 0 Å². The average molecular weight is 155 g/mol. The maximum Gasteiger partial charge on any atom is 0.222 e. The Hall–Kier alpha value is -0.570. The molecule has 3 nitrogen and oxygen atoms in total. The van der Waals surface area contributed by atoms with Gasteiger partial charge in [0.2, 0.25) is 5.91 Å². The summed E-state index contributed by atoms with van der Waals surface area (Å²) in [5.74, 6) is 0.263. The molecule has 0 saturated carbocycles. The van der Waals surface area contributed by atoms with Gasteiger partial charge in [0.1, 0.15) is 6.10 Å². The molecule has 0 aromatic rings. The van der Waals surface area contributed by atoms with Crippen LogP contribution < -0.4 is 0 Å². The minimum absolute atomic E-state index is 0.263. The highest BCUT2D eigenvalue weighted by Crippen LogP contribution is 2.30. The second-order valence-corrected chi connectivity index (χ2v) is 3.19. The van der Waals surface area contributed by atoms with E-state index in [1.165, 1.54) is 0 Å². The number of likely N-dealkylation sites (tertiary alicyclic amines) is 1. The second kappa shape index (κ2) is 2.48. The van der Waals surface area contributed by atoms with Crippen molar-refractivity contribution in [1.82, 2.24) is 4.90 Å². The first-order valence-electron chi connectivity index (χ1n) is 4.24. The Labute approximate surface area is 66.3 Å². The number of carbonyl (C=O) groups excluding carboxylic acids is 1. The second-order valence-electron chi connectivity index (χ2n) is 3.19. The van der Waals surface area contributed by atoms with Gasteiger partial charge in [-0.05, 0) is 6.42 Å². The van der Waals surface area contributed by atoms with E-state index in [9.17, 15) is 4.79 Å². The maximum atomic E-state index is 11.2. The third-order valence-corrected chi connectivity index (χ3v) is 2.43. The lowest BCUT2D eigenvalue weighted by Gasteiger charge is -2.23. The van der Waals surface area contributed by atoms with Gasteiger partial charge in [-0.3, -0.25) is 4.79 Å². The van der Waals surface area contributed by atoms with Crippen LogP contribution >= 0.6 is 0 Å². The summed E-state index contributed by atoms with van der Waals surface area (Å²) in [6.07, 6.45) is 2.52. The number of epoxide rings is 1. The number of nitrogens with zero attached hydrogens (tertiary/aromatic N) is 1. The summed E-state index contributed by atoms with van der Waals surface area (Å²) in [4.78, 5) is 13.1. The summed E-state index contributed by atoms with van der Waals surface area (Å²) in [6.45, 7) is 3.63. The maximum absolute atomic E-state index is 11.2. The van der Waals surface area contributed by atoms with Crippen LogP contribution in [-0.2, 0) is 9.53 Å². The van der Waals surface area contributed by atoms with Gasteiger partial charge >= 0.3 is 0 Å². The molecule has 0 spiro atoms. The van der Waals surface area contributed by atoms with E-state index < -0.39 is 0 Å². The molecule has 0 radical (unpaired) electrons. The van der Waals surface area contributed by atoms with Crippen LogP contribution in [0.15, 0.2) is 0 Å². The third kappa shape index (κ3) is 1.25. The quantitative estimate of drug-likeness (QED) is 0.513. The van der Waals surface area contributed by atoms with Crippen LogP contribution in [0.2, 0.25) is 0 Å². The number of fused-ring (bicyclic) bond motifs is 1. The van der Waals surface area contributed by atoms with Crippen LogP contribution in [0.5, 0.6) is 0 Å². The zero-order valence-corrected chi connectivity index (χ0v) is 6.75. The topological polar surface area (TPSA) is 32.8 Å². The molecule has 0 aromatic carbocycles. The van der Waals surface area contributed by atoms with Gasteiger partial charge in [0.05, 0.1) is 6.10 Å². The van der Waals surface area contributed by atoms with Crippen molar-refractivity contribution in [3.8, 4) is 0 Å². The summed E-state index contributed by atoms with van der Waals surface area (Å²) < 4.78 is 5.31. The fraction of sp³-hybridized carbons (Fsp3) is 0.875. The Morgan fingerprint density at radius 2 is 2.45 bits per heavy atom. The standard InChI is InChI=1S/C8H13NO2/c1-2-8(10)9-4-3-6-7(5-9)11-6/h6-7H,2-5H2,1H3/t6-,7+/m0/s1. The van der Waals surface area contributed by atoms with Crippen molar-refractivity contribution < 1.29 is 9.53 Å². The van der Waals surface area contributed by atoms with E-state index in [0.29, 0.717) is 18.6 Å². The van der Waals surface area contributed by atoms with Crippen molar-refractivity contribution in [2.75, 3.05) is 13.1 Å². The van der Waals surface area contributed by atoms with Gasteiger partial charge in [-0.15, -0.1) is 0 Å². The van der Waals surface area contributed by atoms with Crippen LogP contribution in [-0.4, -0.2) is 36.1 Å². The van der Waals surface area contributed by atoms with Crippen molar-refractivity contribution in [2.45, 2.75) is 32.0 Å². The van der Waals surface area contributed by atoms with Crippen LogP contribution in [0.3, 0.4) is 0 Å². The van der Waals surface area contributed by atoms with Gasteiger partial charge in [-0.2, -0.15) is 0 Å². The molecule has 3 heteroatoms. The molecule has 2 rings (SSSR count). The van der Waals surface area contributed by atoms with E-state index >= 15 is 0 Å². The van der Waals surface area contributed by atoms with Crippen LogP contribution in [0.25, 0.3) is 0 Å². The summed E-state index contributed by atoms with van der Waals surface area (Å²) in [6, 6.07) is 0. The molecular weight excluding hydrogens is 142 g/mol. The Morgan fingerprint density at radius 3 is 3.09 bits per heavy atom. The third-order valence-electron chi connectivity index (χ3n) is 2.43. The number of rotatable bonds is 1. The van der Waals surface area contributed by atoms with Gasteiger partial charge in [-0.1, -0.05) is 6.92 Å². The molecule has 2 atom stereocenters. The predicted octanol–water partition coefficient (Wildman–Crippen LogP) is 0.396. The smallest absolute Gasteiger partial charge is 0.222 e. The molecular formula is C8H13NO2. The zero-order valence-electron chi connectivity index (χ0n) is 6.75. The highest BCUT2D eigenvalue weighted by molar-refractivity contribution is 5.76. The minimum atomic E-state index is 0.263. The minimum Gasteiger partial charge on any atom is -0.368 e. The molecule has 0 aromatic heterocycles. The van der Waals surface area contributed by atoms with Crippen LogP contribution in [0.1, 0.15) is 19.8 Å². The summed E-state index contributed by atoms with van der Waals surface area (Å²) in [7, 11) is 0. The highest BCUT2D eigenvalue weighted by atomic mass is 16.6. The largest absolute Gasteiger partial charge is 0.368 e. The van der Waals surface area contributed by atoms with Gasteiger partial charge in [0.25, 0.3) is 0 Å². The van der Waals surface area contributed by atoms with Gasteiger partial charge in [0, 0.05) is 19.5 Å². The number of hydrogen-bond donors (Lipinski definition) is 0. The first kappa shape index (κ1) is 7.10. The number of carbonyl (C=O) groups is 1. The van der Waals surface area contributed by atoms with E-state index in [0.717, 1.165) is 19.5 Å². The van der Waals surface area contributed by atoms with Crippen molar-refractivity contribution in [2.24, 2.45) is 0 Å². The fourth-order valence-corrected chi connectivity index (χ4v) is 1.64. The molecule has 0 aliphatic carbocycles. The molecule has 62 valence electrons. The molecule has 2 saturated heterocycles. The SMILES string of the molecule is CCC(=O)N1CC[C@@H]2O[C@@H]2C1. The van der Waals surface area contributed by atoms with E-state index in [4.69, 9.17) is 4.74 Å². The van der Waals surface area contributed by atoms with E-state index in [1.807, 2.05) is 11.8 Å². The van der Waals surface area contributed by atoms with Gasteiger partial charge < -0.3 is 9.64 Å². The first-order chi connectivity index (χ1) is 5.31. The monoisotopic (exact) mass is 155 g/mol. The molecule has 1 amide bonds. The predicted molar refractivity (Wildman–Crippen MR) is 40.1 cm³/mol. The molecule has 11 heavy (non-hydrogen) atoms. The molecule has 2 fully saturated rings. The zero-order chi connectivity index (χ0) is 7.84. The summed E-state index contributed by atoms with van der Waals surface area (Å²) in [5.41, 5.74) is 0.